The lowest BCUT2D eigenvalue weighted by Gasteiger charge is -2.34. The van der Waals surface area contributed by atoms with Crippen molar-refractivity contribution < 1.29 is 0 Å². The van der Waals surface area contributed by atoms with Gasteiger partial charge in [-0.2, -0.15) is 5.10 Å². The van der Waals surface area contributed by atoms with E-state index in [9.17, 15) is 4.79 Å². The van der Waals surface area contributed by atoms with Gasteiger partial charge in [0.1, 0.15) is 0 Å². The fourth-order valence-corrected chi connectivity index (χ4v) is 3.60. The number of rotatable bonds is 4. The molecule has 130 valence electrons. The van der Waals surface area contributed by atoms with E-state index in [1.165, 1.54) is 4.88 Å². The Morgan fingerprint density at radius 3 is 2.42 bits per heavy atom. The lowest BCUT2D eigenvalue weighted by atomic mass is 9.92. The highest BCUT2D eigenvalue weighted by Gasteiger charge is 2.20. The van der Waals surface area contributed by atoms with E-state index >= 15 is 0 Å². The lowest BCUT2D eigenvalue weighted by Crippen LogP contribution is -2.47. The summed E-state index contributed by atoms with van der Waals surface area (Å²) >= 11 is 1.82. The van der Waals surface area contributed by atoms with Crippen molar-refractivity contribution in [3.05, 3.63) is 50.6 Å². The molecule has 3 heterocycles. The molecule has 24 heavy (non-hydrogen) atoms. The summed E-state index contributed by atoms with van der Waals surface area (Å²) in [5.41, 5.74) is 0.886. The van der Waals surface area contributed by atoms with Gasteiger partial charge in [-0.1, -0.05) is 26.8 Å². The van der Waals surface area contributed by atoms with Gasteiger partial charge < -0.3 is 0 Å². The quantitative estimate of drug-likeness (QED) is 0.852. The molecule has 0 spiro atoms. The molecule has 0 radical (unpaired) electrons. The van der Waals surface area contributed by atoms with Crippen molar-refractivity contribution in [2.24, 2.45) is 0 Å². The van der Waals surface area contributed by atoms with Gasteiger partial charge in [-0.05, 0) is 17.5 Å². The van der Waals surface area contributed by atoms with Crippen molar-refractivity contribution in [2.45, 2.75) is 39.4 Å². The summed E-state index contributed by atoms with van der Waals surface area (Å²) in [5.74, 6) is 0. The number of aromatic nitrogens is 2. The largest absolute Gasteiger partial charge is 0.296 e. The van der Waals surface area contributed by atoms with Gasteiger partial charge in [-0.25, -0.2) is 4.68 Å². The maximum atomic E-state index is 12.1. The molecule has 2 aromatic rings. The molecule has 1 saturated heterocycles. The first-order chi connectivity index (χ1) is 11.4. The van der Waals surface area contributed by atoms with Crippen LogP contribution in [-0.2, 0) is 18.6 Å². The Kier molecular flexibility index (Phi) is 5.18. The number of piperazine rings is 1. The molecule has 5 nitrogen and oxygen atoms in total. The standard InChI is InChI=1S/C18H26N4OS/c1-18(2,3)16-6-7-17(23)22(19-16)14-21-10-8-20(9-11-21)13-15-5-4-12-24-15/h4-7,12H,8-11,13-14H2,1-3H3. The number of nitrogens with zero attached hydrogens (tertiary/aromatic N) is 4. The fraction of sp³-hybridized carbons (Fsp3) is 0.556. The Morgan fingerprint density at radius 2 is 1.79 bits per heavy atom. The summed E-state index contributed by atoms with van der Waals surface area (Å²) < 4.78 is 1.61. The molecule has 0 aliphatic carbocycles. The van der Waals surface area contributed by atoms with E-state index in [4.69, 9.17) is 0 Å². The molecule has 0 amide bonds. The summed E-state index contributed by atoms with van der Waals surface area (Å²) in [6.45, 7) is 12.0. The molecule has 6 heteroatoms. The molecule has 3 rings (SSSR count). The Labute approximate surface area is 147 Å². The van der Waals surface area contributed by atoms with Crippen LogP contribution in [0.4, 0.5) is 0 Å². The number of thiophene rings is 1. The van der Waals surface area contributed by atoms with E-state index in [1.807, 2.05) is 17.4 Å². The zero-order chi connectivity index (χ0) is 17.2. The van der Waals surface area contributed by atoms with Gasteiger partial charge in [-0.15, -0.1) is 11.3 Å². The lowest BCUT2D eigenvalue weighted by molar-refractivity contribution is 0.0970. The SMILES string of the molecule is CC(C)(C)c1ccc(=O)n(CN2CCN(Cc3cccs3)CC2)n1. The molecule has 2 aromatic heterocycles. The smallest absolute Gasteiger partial charge is 0.267 e. The van der Waals surface area contributed by atoms with Crippen LogP contribution >= 0.6 is 11.3 Å². The molecule has 0 N–H and O–H groups in total. The average molecular weight is 346 g/mol. The first-order valence-corrected chi connectivity index (χ1v) is 9.35. The third-order valence-corrected chi connectivity index (χ3v) is 5.25. The Hall–Kier alpha value is -1.50. The van der Waals surface area contributed by atoms with Crippen molar-refractivity contribution in [1.82, 2.24) is 19.6 Å². The van der Waals surface area contributed by atoms with Crippen LogP contribution in [0.3, 0.4) is 0 Å². The van der Waals surface area contributed by atoms with Crippen LogP contribution in [-0.4, -0.2) is 45.8 Å². The number of hydrogen-bond acceptors (Lipinski definition) is 5. The van der Waals surface area contributed by atoms with Crippen LogP contribution in [0.1, 0.15) is 31.3 Å². The zero-order valence-electron chi connectivity index (χ0n) is 14.7. The normalized spacial score (nSPS) is 17.3. The second-order valence-corrected chi connectivity index (χ2v) is 8.45. The predicted octanol–water partition coefficient (Wildman–Crippen LogP) is 2.38. The van der Waals surface area contributed by atoms with Gasteiger partial charge in [0, 0.05) is 49.1 Å². The minimum atomic E-state index is -0.0468. The summed E-state index contributed by atoms with van der Waals surface area (Å²) in [4.78, 5) is 18.3. The van der Waals surface area contributed by atoms with Crippen molar-refractivity contribution in [1.29, 1.82) is 0 Å². The third kappa shape index (κ3) is 4.32. The summed E-state index contributed by atoms with van der Waals surface area (Å²) in [7, 11) is 0. The van der Waals surface area contributed by atoms with Gasteiger partial charge in [0.25, 0.3) is 5.56 Å². The third-order valence-electron chi connectivity index (χ3n) is 4.39. The average Bonchev–Trinajstić information content (AvgIpc) is 3.03. The van der Waals surface area contributed by atoms with Crippen LogP contribution in [0.25, 0.3) is 0 Å². The Bertz CT molecular complexity index is 709. The monoisotopic (exact) mass is 346 g/mol. The topological polar surface area (TPSA) is 41.4 Å². The minimum absolute atomic E-state index is 0.0241. The van der Waals surface area contributed by atoms with Crippen molar-refractivity contribution in [3.8, 4) is 0 Å². The highest BCUT2D eigenvalue weighted by atomic mass is 32.1. The first kappa shape index (κ1) is 17.3. The zero-order valence-corrected chi connectivity index (χ0v) is 15.6. The fourth-order valence-electron chi connectivity index (χ4n) is 2.85. The van der Waals surface area contributed by atoms with Crippen LogP contribution in [0, 0.1) is 0 Å². The van der Waals surface area contributed by atoms with Crippen molar-refractivity contribution in [2.75, 3.05) is 26.2 Å². The molecular weight excluding hydrogens is 320 g/mol. The van der Waals surface area contributed by atoms with Gasteiger partial charge in [-0.3, -0.25) is 14.6 Å². The molecule has 0 atom stereocenters. The molecule has 1 fully saturated rings. The number of hydrogen-bond donors (Lipinski definition) is 0. The van der Waals surface area contributed by atoms with Gasteiger partial charge in [0.2, 0.25) is 0 Å². The highest BCUT2D eigenvalue weighted by molar-refractivity contribution is 7.09. The molecule has 0 saturated carbocycles. The molecule has 1 aliphatic heterocycles. The van der Waals surface area contributed by atoms with Crippen LogP contribution in [0.2, 0.25) is 0 Å². The second kappa shape index (κ2) is 7.17. The van der Waals surface area contributed by atoms with E-state index in [1.54, 1.807) is 10.7 Å². The minimum Gasteiger partial charge on any atom is -0.296 e. The van der Waals surface area contributed by atoms with Gasteiger partial charge >= 0.3 is 0 Å². The molecule has 0 unspecified atom stereocenters. The van der Waals surface area contributed by atoms with E-state index in [2.05, 4.69) is 53.2 Å². The van der Waals surface area contributed by atoms with E-state index < -0.39 is 0 Å². The first-order valence-electron chi connectivity index (χ1n) is 8.47. The molecular formula is C18H26N4OS. The van der Waals surface area contributed by atoms with E-state index in [0.717, 1.165) is 38.4 Å². The predicted molar refractivity (Wildman–Crippen MR) is 98.4 cm³/mol. The van der Waals surface area contributed by atoms with E-state index in [0.29, 0.717) is 6.67 Å². The van der Waals surface area contributed by atoms with Gasteiger partial charge in [0.05, 0.1) is 12.4 Å². The second-order valence-electron chi connectivity index (χ2n) is 7.42. The summed E-state index contributed by atoms with van der Waals surface area (Å²) in [5, 5.41) is 6.70. The van der Waals surface area contributed by atoms with Crippen LogP contribution < -0.4 is 5.56 Å². The molecule has 0 aromatic carbocycles. The Balaban J connectivity index is 1.59. The molecule has 1 aliphatic rings. The van der Waals surface area contributed by atoms with Crippen LogP contribution in [0.5, 0.6) is 0 Å². The Morgan fingerprint density at radius 1 is 1.08 bits per heavy atom. The van der Waals surface area contributed by atoms with Gasteiger partial charge in [0.15, 0.2) is 0 Å². The maximum absolute atomic E-state index is 12.1. The summed E-state index contributed by atoms with van der Waals surface area (Å²) in [6.07, 6.45) is 0. The molecule has 0 bridgehead atoms. The highest BCUT2D eigenvalue weighted by Crippen LogP contribution is 2.18. The van der Waals surface area contributed by atoms with Crippen molar-refractivity contribution in [3.63, 3.8) is 0 Å². The van der Waals surface area contributed by atoms with Crippen LogP contribution in [0.15, 0.2) is 34.4 Å². The summed E-state index contributed by atoms with van der Waals surface area (Å²) in [6, 6.07) is 7.79. The van der Waals surface area contributed by atoms with E-state index in [-0.39, 0.29) is 11.0 Å². The maximum Gasteiger partial charge on any atom is 0.267 e. The van der Waals surface area contributed by atoms with Crippen molar-refractivity contribution >= 4 is 11.3 Å².